The summed E-state index contributed by atoms with van der Waals surface area (Å²) in [5.41, 5.74) is 1.16. The number of aliphatic hydroxyl groups is 1. The molecule has 1 N–H and O–H groups in total. The second-order valence-corrected chi connectivity index (χ2v) is 4.30. The van der Waals surface area contributed by atoms with Crippen molar-refractivity contribution < 1.29 is 14.6 Å². The highest BCUT2D eigenvalue weighted by Gasteiger charge is 2.28. The highest BCUT2D eigenvalue weighted by Crippen LogP contribution is 2.30. The Kier molecular flexibility index (Phi) is 3.80. The lowest BCUT2D eigenvalue weighted by Gasteiger charge is -2.33. The number of aliphatic hydroxyl groups excluding tert-OH is 1. The third-order valence-corrected chi connectivity index (χ3v) is 3.10. The van der Waals surface area contributed by atoms with Crippen molar-refractivity contribution >= 4 is 0 Å². The Morgan fingerprint density at radius 2 is 1.94 bits per heavy atom. The van der Waals surface area contributed by atoms with Crippen LogP contribution in [0.5, 0.6) is 5.75 Å². The molecule has 1 aliphatic carbocycles. The van der Waals surface area contributed by atoms with E-state index >= 15 is 0 Å². The zero-order chi connectivity index (χ0) is 11.4. The summed E-state index contributed by atoms with van der Waals surface area (Å²) >= 11 is 0. The van der Waals surface area contributed by atoms with Crippen LogP contribution in [-0.4, -0.2) is 24.9 Å². The lowest BCUT2D eigenvalue weighted by molar-refractivity contribution is -0.0532. The summed E-state index contributed by atoms with van der Waals surface area (Å²) in [6.45, 7) is 0.940. The zero-order valence-electron chi connectivity index (χ0n) is 9.56. The number of ether oxygens (including phenoxy) is 2. The van der Waals surface area contributed by atoms with Gasteiger partial charge in [0.15, 0.2) is 0 Å². The Morgan fingerprint density at radius 1 is 1.25 bits per heavy atom. The molecule has 1 aromatic rings. The first-order valence-corrected chi connectivity index (χ1v) is 5.67. The van der Waals surface area contributed by atoms with Gasteiger partial charge in [-0.15, -0.1) is 0 Å². The topological polar surface area (TPSA) is 38.7 Å². The molecule has 0 spiro atoms. The molecule has 0 radical (unpaired) electrons. The molecule has 0 saturated heterocycles. The van der Waals surface area contributed by atoms with Gasteiger partial charge in [-0.2, -0.15) is 0 Å². The first-order valence-electron chi connectivity index (χ1n) is 5.67. The summed E-state index contributed by atoms with van der Waals surface area (Å²) in [6.07, 6.45) is 2.32. The molecule has 0 heterocycles. The Bertz CT molecular complexity index is 314. The molecule has 88 valence electrons. The fourth-order valence-corrected chi connectivity index (χ4v) is 1.90. The van der Waals surface area contributed by atoms with E-state index in [1.54, 1.807) is 7.11 Å². The zero-order valence-corrected chi connectivity index (χ0v) is 9.56. The maximum atomic E-state index is 8.88. The summed E-state index contributed by atoms with van der Waals surface area (Å²) in [7, 11) is 1.66. The molecule has 1 aromatic carbocycles. The van der Waals surface area contributed by atoms with Crippen LogP contribution in [0.4, 0.5) is 0 Å². The highest BCUT2D eigenvalue weighted by molar-refractivity contribution is 5.26. The predicted octanol–water partition coefficient (Wildman–Crippen LogP) is 1.98. The van der Waals surface area contributed by atoms with Crippen LogP contribution < -0.4 is 4.74 Å². The Morgan fingerprint density at radius 3 is 2.50 bits per heavy atom. The molecule has 1 fully saturated rings. The van der Waals surface area contributed by atoms with Crippen LogP contribution in [0.3, 0.4) is 0 Å². The Hall–Kier alpha value is -1.06. The fourth-order valence-electron chi connectivity index (χ4n) is 1.90. The summed E-state index contributed by atoms with van der Waals surface area (Å²) in [5.74, 6) is 1.33. The minimum absolute atomic E-state index is 0.294. The summed E-state index contributed by atoms with van der Waals surface area (Å²) in [6, 6.07) is 7.91. The van der Waals surface area contributed by atoms with Crippen molar-refractivity contribution in [3.8, 4) is 5.75 Å². The van der Waals surface area contributed by atoms with Crippen molar-refractivity contribution in [3.05, 3.63) is 29.8 Å². The van der Waals surface area contributed by atoms with Crippen LogP contribution in [0, 0.1) is 5.92 Å². The van der Waals surface area contributed by atoms with Gasteiger partial charge in [-0.25, -0.2) is 0 Å². The summed E-state index contributed by atoms with van der Waals surface area (Å²) in [5, 5.41) is 8.88. The normalized spacial score (nSPS) is 23.9. The van der Waals surface area contributed by atoms with Crippen LogP contribution >= 0.6 is 0 Å². The second kappa shape index (κ2) is 5.32. The molecule has 1 aliphatic rings. The van der Waals surface area contributed by atoms with E-state index in [2.05, 4.69) is 0 Å². The van der Waals surface area contributed by atoms with Gasteiger partial charge in [-0.3, -0.25) is 0 Å². The Labute approximate surface area is 96.0 Å². The standard InChI is InChI=1S/C13H18O3/c1-15-12-4-2-10(3-5-12)9-16-13-6-11(7-13)8-14/h2-5,11,13-14H,6-9H2,1H3. The van der Waals surface area contributed by atoms with E-state index in [0.29, 0.717) is 25.2 Å². The van der Waals surface area contributed by atoms with Crippen LogP contribution in [0.2, 0.25) is 0 Å². The maximum Gasteiger partial charge on any atom is 0.118 e. The molecule has 0 unspecified atom stereocenters. The molecule has 16 heavy (non-hydrogen) atoms. The van der Waals surface area contributed by atoms with E-state index in [0.717, 1.165) is 24.2 Å². The molecular weight excluding hydrogens is 204 g/mol. The van der Waals surface area contributed by atoms with E-state index in [9.17, 15) is 0 Å². The van der Waals surface area contributed by atoms with E-state index in [1.807, 2.05) is 24.3 Å². The fraction of sp³-hybridized carbons (Fsp3) is 0.538. The minimum atomic E-state index is 0.294. The quantitative estimate of drug-likeness (QED) is 0.828. The average molecular weight is 222 g/mol. The lowest BCUT2D eigenvalue weighted by atomic mass is 9.83. The van der Waals surface area contributed by atoms with Gasteiger partial charge in [-0.05, 0) is 36.5 Å². The van der Waals surface area contributed by atoms with Crippen LogP contribution in [0.15, 0.2) is 24.3 Å². The monoisotopic (exact) mass is 222 g/mol. The van der Waals surface area contributed by atoms with Crippen molar-refractivity contribution in [2.45, 2.75) is 25.6 Å². The number of rotatable bonds is 5. The van der Waals surface area contributed by atoms with Gasteiger partial charge in [0.25, 0.3) is 0 Å². The van der Waals surface area contributed by atoms with Crippen LogP contribution in [0.1, 0.15) is 18.4 Å². The number of hydrogen-bond donors (Lipinski definition) is 1. The molecule has 3 nitrogen and oxygen atoms in total. The van der Waals surface area contributed by atoms with E-state index in [1.165, 1.54) is 0 Å². The molecule has 0 bridgehead atoms. The molecule has 0 aliphatic heterocycles. The molecule has 0 atom stereocenters. The van der Waals surface area contributed by atoms with E-state index in [4.69, 9.17) is 14.6 Å². The van der Waals surface area contributed by atoms with Gasteiger partial charge in [0.2, 0.25) is 0 Å². The van der Waals surface area contributed by atoms with Gasteiger partial charge in [0.05, 0.1) is 19.8 Å². The van der Waals surface area contributed by atoms with Gasteiger partial charge in [-0.1, -0.05) is 12.1 Å². The van der Waals surface area contributed by atoms with Crippen molar-refractivity contribution in [2.75, 3.05) is 13.7 Å². The third-order valence-electron chi connectivity index (χ3n) is 3.10. The van der Waals surface area contributed by atoms with Crippen LogP contribution in [-0.2, 0) is 11.3 Å². The van der Waals surface area contributed by atoms with Gasteiger partial charge >= 0.3 is 0 Å². The molecule has 3 heteroatoms. The third kappa shape index (κ3) is 2.74. The molecule has 1 saturated carbocycles. The molecule has 0 aromatic heterocycles. The maximum absolute atomic E-state index is 8.88. The number of methoxy groups -OCH3 is 1. The molecule has 0 amide bonds. The molecule has 2 rings (SSSR count). The average Bonchev–Trinajstić information content (AvgIpc) is 2.28. The predicted molar refractivity (Wildman–Crippen MR) is 61.4 cm³/mol. The van der Waals surface area contributed by atoms with Crippen molar-refractivity contribution in [3.63, 3.8) is 0 Å². The summed E-state index contributed by atoms with van der Waals surface area (Å²) < 4.78 is 10.8. The van der Waals surface area contributed by atoms with Crippen molar-refractivity contribution in [1.29, 1.82) is 0 Å². The largest absolute Gasteiger partial charge is 0.497 e. The van der Waals surface area contributed by atoms with Gasteiger partial charge in [0.1, 0.15) is 5.75 Å². The van der Waals surface area contributed by atoms with Crippen molar-refractivity contribution in [1.82, 2.24) is 0 Å². The first kappa shape index (κ1) is 11.4. The molecular formula is C13H18O3. The minimum Gasteiger partial charge on any atom is -0.497 e. The number of hydrogen-bond acceptors (Lipinski definition) is 3. The van der Waals surface area contributed by atoms with E-state index in [-0.39, 0.29) is 0 Å². The SMILES string of the molecule is COc1ccc(COC2CC(CO)C2)cc1. The second-order valence-electron chi connectivity index (χ2n) is 4.30. The van der Waals surface area contributed by atoms with Gasteiger partial charge < -0.3 is 14.6 Å². The number of benzene rings is 1. The van der Waals surface area contributed by atoms with Gasteiger partial charge in [0, 0.05) is 6.61 Å². The smallest absolute Gasteiger partial charge is 0.118 e. The van der Waals surface area contributed by atoms with Crippen molar-refractivity contribution in [2.24, 2.45) is 5.92 Å². The highest BCUT2D eigenvalue weighted by atomic mass is 16.5. The van der Waals surface area contributed by atoms with Crippen LogP contribution in [0.25, 0.3) is 0 Å². The summed E-state index contributed by atoms with van der Waals surface area (Å²) in [4.78, 5) is 0. The van der Waals surface area contributed by atoms with E-state index < -0.39 is 0 Å². The lowest BCUT2D eigenvalue weighted by Crippen LogP contribution is -2.33. The Balaban J connectivity index is 1.73. The first-order chi connectivity index (χ1) is 7.81.